The molecule has 15 heteroatoms. The number of carbonyl (C=O) groups excluding carboxylic acids is 3. The molecule has 14 nitrogen and oxygen atoms in total. The summed E-state index contributed by atoms with van der Waals surface area (Å²) in [5.74, 6) is -3.57. The maximum Gasteiger partial charge on any atom is 0.326 e. The van der Waals surface area contributed by atoms with Gasteiger partial charge in [0.2, 0.25) is 21.8 Å². The molecule has 3 amide bonds. The number of nitrogens with zero attached hydrogens (tertiary/aromatic N) is 1. The molecule has 0 radical (unpaired) electrons. The molecule has 186 valence electrons. The topological polar surface area (TPSA) is 228 Å². The maximum absolute atomic E-state index is 12.0. The van der Waals surface area contributed by atoms with Gasteiger partial charge in [-0.15, -0.1) is 0 Å². The average molecular weight is 507 g/mol. The summed E-state index contributed by atoms with van der Waals surface area (Å²) in [7, 11) is -3.92. The Morgan fingerprint density at radius 1 is 0.943 bits per heavy atom. The van der Waals surface area contributed by atoms with Gasteiger partial charge in [-0.3, -0.25) is 24.5 Å². The van der Waals surface area contributed by atoms with E-state index in [1.165, 1.54) is 36.4 Å². The van der Waals surface area contributed by atoms with Crippen molar-refractivity contribution >= 4 is 39.4 Å². The molecule has 2 aromatic rings. The normalized spacial score (nSPS) is 11.7. The summed E-state index contributed by atoms with van der Waals surface area (Å²) < 4.78 is 22.4. The zero-order chi connectivity index (χ0) is 26.2. The highest BCUT2D eigenvalue weighted by Gasteiger charge is 2.21. The lowest BCUT2D eigenvalue weighted by Crippen LogP contribution is -2.47. The van der Waals surface area contributed by atoms with Gasteiger partial charge in [0.25, 0.3) is 11.6 Å². The van der Waals surface area contributed by atoms with Crippen molar-refractivity contribution in [1.82, 2.24) is 16.0 Å². The molecule has 0 fully saturated rings. The number of rotatable bonds is 11. The first-order valence-electron chi connectivity index (χ1n) is 9.80. The van der Waals surface area contributed by atoms with Crippen LogP contribution in [0.15, 0.2) is 53.4 Å². The Balaban J connectivity index is 1.81. The molecular formula is C20H21N5O9S. The molecule has 2 aromatic carbocycles. The Bertz CT molecular complexity index is 1230. The number of sulfonamides is 1. The zero-order valence-electron chi connectivity index (χ0n) is 18.0. The van der Waals surface area contributed by atoms with Gasteiger partial charge < -0.3 is 21.1 Å². The lowest BCUT2D eigenvalue weighted by Gasteiger charge is -2.15. The van der Waals surface area contributed by atoms with Crippen LogP contribution < -0.4 is 21.1 Å². The van der Waals surface area contributed by atoms with Crippen LogP contribution in [-0.4, -0.2) is 61.3 Å². The number of carboxylic acid groups (broad SMARTS) is 1. The fourth-order valence-corrected chi connectivity index (χ4v) is 3.25. The Labute approximate surface area is 198 Å². The number of nitrogens with one attached hydrogen (secondary N) is 3. The summed E-state index contributed by atoms with van der Waals surface area (Å²) in [5.41, 5.74) is 0.339. The van der Waals surface area contributed by atoms with Crippen LogP contribution in [0.4, 0.5) is 5.69 Å². The van der Waals surface area contributed by atoms with Crippen molar-refractivity contribution in [1.29, 1.82) is 0 Å². The second-order valence-electron chi connectivity index (χ2n) is 7.11. The first-order chi connectivity index (χ1) is 16.4. The SMILES string of the molecule is NS(=O)(=O)c1ccc(C(=O)NCC(=O)NCC(=O)N[C@@H](Cc2ccc([N+](=O)[O-])cc2)C(=O)O)cc1. The third kappa shape index (κ3) is 8.49. The van der Waals surface area contributed by atoms with E-state index in [2.05, 4.69) is 16.0 Å². The van der Waals surface area contributed by atoms with Crippen LogP contribution >= 0.6 is 0 Å². The molecule has 0 bridgehead atoms. The van der Waals surface area contributed by atoms with Crippen molar-refractivity contribution in [3.8, 4) is 0 Å². The van der Waals surface area contributed by atoms with Crippen molar-refractivity contribution in [2.75, 3.05) is 13.1 Å². The van der Waals surface area contributed by atoms with E-state index in [4.69, 9.17) is 5.14 Å². The number of carbonyl (C=O) groups is 4. The van der Waals surface area contributed by atoms with Crippen molar-refractivity contribution < 1.29 is 37.6 Å². The molecule has 0 aliphatic carbocycles. The number of hydrogen-bond donors (Lipinski definition) is 5. The van der Waals surface area contributed by atoms with Crippen LogP contribution in [-0.2, 0) is 30.8 Å². The third-order valence-corrected chi connectivity index (χ3v) is 5.45. The average Bonchev–Trinajstić information content (AvgIpc) is 2.80. The van der Waals surface area contributed by atoms with E-state index >= 15 is 0 Å². The monoisotopic (exact) mass is 507 g/mol. The smallest absolute Gasteiger partial charge is 0.326 e. The molecular weight excluding hydrogens is 486 g/mol. The fraction of sp³-hybridized carbons (Fsp3) is 0.200. The second-order valence-corrected chi connectivity index (χ2v) is 8.68. The highest BCUT2D eigenvalue weighted by molar-refractivity contribution is 7.89. The van der Waals surface area contributed by atoms with Crippen LogP contribution in [0.3, 0.4) is 0 Å². The highest BCUT2D eigenvalue weighted by Crippen LogP contribution is 2.13. The van der Waals surface area contributed by atoms with Crippen molar-refractivity contribution in [3.63, 3.8) is 0 Å². The van der Waals surface area contributed by atoms with Crippen LogP contribution in [0.25, 0.3) is 0 Å². The number of carboxylic acids is 1. The number of nitro groups is 1. The van der Waals surface area contributed by atoms with Crippen molar-refractivity contribution in [3.05, 3.63) is 69.8 Å². The third-order valence-electron chi connectivity index (χ3n) is 4.52. The lowest BCUT2D eigenvalue weighted by atomic mass is 10.1. The number of primary sulfonamides is 1. The highest BCUT2D eigenvalue weighted by atomic mass is 32.2. The molecule has 6 N–H and O–H groups in total. The van der Waals surface area contributed by atoms with Crippen LogP contribution in [0.5, 0.6) is 0 Å². The Morgan fingerprint density at radius 2 is 1.51 bits per heavy atom. The number of benzene rings is 2. The summed E-state index contributed by atoms with van der Waals surface area (Å²) >= 11 is 0. The maximum atomic E-state index is 12.0. The van der Waals surface area contributed by atoms with Gasteiger partial charge in [0.05, 0.1) is 22.9 Å². The van der Waals surface area contributed by atoms with E-state index in [1.54, 1.807) is 0 Å². The summed E-state index contributed by atoms with van der Waals surface area (Å²) in [4.78, 5) is 57.3. The van der Waals surface area contributed by atoms with Crippen LogP contribution in [0, 0.1) is 10.1 Å². The van der Waals surface area contributed by atoms with Gasteiger partial charge in [-0.1, -0.05) is 12.1 Å². The van der Waals surface area contributed by atoms with Gasteiger partial charge in [-0.25, -0.2) is 18.4 Å². The minimum Gasteiger partial charge on any atom is -0.480 e. The fourth-order valence-electron chi connectivity index (χ4n) is 2.73. The number of aliphatic carboxylic acids is 1. The Hall–Kier alpha value is -4.37. The number of nitro benzene ring substituents is 1. The van der Waals surface area contributed by atoms with E-state index in [9.17, 15) is 42.8 Å². The molecule has 0 heterocycles. The molecule has 0 aliphatic rings. The van der Waals surface area contributed by atoms with Crippen molar-refractivity contribution in [2.45, 2.75) is 17.4 Å². The number of amides is 3. The summed E-state index contributed by atoms with van der Waals surface area (Å²) in [5, 5.41) is 31.7. The van der Waals surface area contributed by atoms with Gasteiger partial charge >= 0.3 is 5.97 Å². The van der Waals surface area contributed by atoms with E-state index in [1.807, 2.05) is 0 Å². The minimum absolute atomic E-state index is 0.0680. The standard InChI is InChI=1S/C20H21N5O9S/c21-35(33,34)15-7-3-13(4-8-15)19(28)23-10-17(26)22-11-18(27)24-16(20(29)30)9-12-1-5-14(6-2-12)25(31)32/h1-8,16H,9-11H2,(H,22,26)(H,23,28)(H,24,27)(H,29,30)(H2,21,33,34)/t16-/m0/s1. The predicted molar refractivity (Wildman–Crippen MR) is 120 cm³/mol. The minimum atomic E-state index is -3.92. The Kier molecular flexibility index (Phi) is 8.96. The van der Waals surface area contributed by atoms with Crippen molar-refractivity contribution in [2.24, 2.45) is 5.14 Å². The number of nitrogens with two attached hydrogens (primary N) is 1. The van der Waals surface area contributed by atoms with E-state index in [0.29, 0.717) is 5.56 Å². The quantitative estimate of drug-likeness (QED) is 0.183. The van der Waals surface area contributed by atoms with Gasteiger partial charge in [0.15, 0.2) is 0 Å². The lowest BCUT2D eigenvalue weighted by molar-refractivity contribution is -0.384. The summed E-state index contributed by atoms with van der Waals surface area (Å²) in [6, 6.07) is 8.47. The molecule has 0 saturated heterocycles. The largest absolute Gasteiger partial charge is 0.480 e. The summed E-state index contributed by atoms with van der Waals surface area (Å²) in [6.45, 7) is -1.07. The number of non-ortho nitro benzene ring substituents is 1. The van der Waals surface area contributed by atoms with E-state index in [-0.39, 0.29) is 22.6 Å². The Morgan fingerprint density at radius 3 is 2.03 bits per heavy atom. The molecule has 35 heavy (non-hydrogen) atoms. The van der Waals surface area contributed by atoms with E-state index in [0.717, 1.165) is 12.1 Å². The molecule has 1 atom stereocenters. The second kappa shape index (κ2) is 11.7. The first-order valence-corrected chi connectivity index (χ1v) is 11.3. The van der Waals surface area contributed by atoms with Crippen LogP contribution in [0.2, 0.25) is 0 Å². The molecule has 0 spiro atoms. The number of hydrogen-bond acceptors (Lipinski definition) is 8. The molecule has 0 saturated carbocycles. The molecule has 0 aliphatic heterocycles. The van der Waals surface area contributed by atoms with Crippen LogP contribution in [0.1, 0.15) is 15.9 Å². The van der Waals surface area contributed by atoms with Gasteiger partial charge in [0.1, 0.15) is 6.04 Å². The molecule has 0 unspecified atom stereocenters. The van der Waals surface area contributed by atoms with Gasteiger partial charge in [0, 0.05) is 24.1 Å². The predicted octanol–water partition coefficient (Wildman–Crippen LogP) is -1.10. The summed E-state index contributed by atoms with van der Waals surface area (Å²) in [6.07, 6.45) is -0.146. The van der Waals surface area contributed by atoms with E-state index < -0.39 is 57.8 Å². The van der Waals surface area contributed by atoms with Gasteiger partial charge in [-0.2, -0.15) is 0 Å². The molecule has 2 rings (SSSR count). The first kappa shape index (κ1) is 26.9. The molecule has 0 aromatic heterocycles. The van der Waals surface area contributed by atoms with Gasteiger partial charge in [-0.05, 0) is 29.8 Å². The zero-order valence-corrected chi connectivity index (χ0v) is 18.8.